The maximum atomic E-state index is 11.0. The molecule has 3 N–H and O–H groups in total. The van der Waals surface area contributed by atoms with Crippen LogP contribution in [0.2, 0.25) is 0 Å². The van der Waals surface area contributed by atoms with Crippen LogP contribution in [0.5, 0.6) is 5.75 Å². The summed E-state index contributed by atoms with van der Waals surface area (Å²) in [5, 5.41) is 9.01. The summed E-state index contributed by atoms with van der Waals surface area (Å²) in [6, 6.07) is 6.07. The molecule has 1 heterocycles. The number of hydrogen-bond donors (Lipinski definition) is 2. The number of carboxylic acids is 1. The maximum absolute atomic E-state index is 11.0. The monoisotopic (exact) mass is 264 g/mol. The van der Waals surface area contributed by atoms with Crippen molar-refractivity contribution < 1.29 is 14.6 Å². The summed E-state index contributed by atoms with van der Waals surface area (Å²) in [5.41, 5.74) is 6.21. The number of para-hydroxylation sites is 1. The highest BCUT2D eigenvalue weighted by Gasteiger charge is 2.22. The second-order valence-corrected chi connectivity index (χ2v) is 4.97. The highest BCUT2D eigenvalue weighted by atomic mass is 16.5. The fourth-order valence-corrected chi connectivity index (χ4v) is 2.26. The number of likely N-dealkylation sites (tertiary alicyclic amines) is 1. The van der Waals surface area contributed by atoms with Crippen LogP contribution in [0, 0.1) is 0 Å². The third-order valence-corrected chi connectivity index (χ3v) is 3.48. The minimum absolute atomic E-state index is 0.137. The van der Waals surface area contributed by atoms with Crippen molar-refractivity contribution in [3.63, 3.8) is 0 Å². The van der Waals surface area contributed by atoms with Gasteiger partial charge in [0.05, 0.1) is 0 Å². The van der Waals surface area contributed by atoms with Crippen LogP contribution in [0.4, 0.5) is 0 Å². The Labute approximate surface area is 113 Å². The number of piperidine rings is 1. The lowest BCUT2D eigenvalue weighted by molar-refractivity contribution is -0.138. The van der Waals surface area contributed by atoms with Crippen LogP contribution >= 0.6 is 0 Å². The van der Waals surface area contributed by atoms with Crippen LogP contribution in [-0.4, -0.2) is 42.2 Å². The van der Waals surface area contributed by atoms with E-state index in [1.807, 2.05) is 6.07 Å². The van der Waals surface area contributed by atoms with E-state index in [9.17, 15) is 4.79 Å². The molecule has 1 aromatic carbocycles. The van der Waals surface area contributed by atoms with Crippen molar-refractivity contribution in [2.24, 2.45) is 5.73 Å². The summed E-state index contributed by atoms with van der Waals surface area (Å²) in [6.45, 7) is 2.00. The lowest BCUT2D eigenvalue weighted by Gasteiger charge is -2.30. The number of rotatable bonds is 4. The van der Waals surface area contributed by atoms with Crippen LogP contribution in [-0.2, 0) is 4.79 Å². The number of ether oxygens (including phenoxy) is 1. The third kappa shape index (κ3) is 3.45. The standard InChI is InChI=1S/C14H20N2O3/c1-16-8-6-10(7-9-16)19-12-5-3-2-4-11(12)13(15)14(17)18/h2-5,10,13H,6-9,15H2,1H3,(H,17,18). The number of carbonyl (C=O) groups is 1. The molecule has 104 valence electrons. The predicted octanol–water partition coefficient (Wildman–Crippen LogP) is 1.24. The number of hydrogen-bond acceptors (Lipinski definition) is 4. The summed E-state index contributed by atoms with van der Waals surface area (Å²) >= 11 is 0. The topological polar surface area (TPSA) is 75.8 Å². The van der Waals surface area contributed by atoms with E-state index in [1.165, 1.54) is 0 Å². The molecule has 1 saturated heterocycles. The molecule has 1 atom stereocenters. The van der Waals surface area contributed by atoms with Gasteiger partial charge >= 0.3 is 5.97 Å². The first kappa shape index (κ1) is 13.8. The van der Waals surface area contributed by atoms with E-state index >= 15 is 0 Å². The fraction of sp³-hybridized carbons (Fsp3) is 0.500. The molecular formula is C14H20N2O3. The molecule has 0 aromatic heterocycles. The van der Waals surface area contributed by atoms with Gasteiger partial charge in [0.2, 0.25) is 0 Å². The quantitative estimate of drug-likeness (QED) is 0.856. The molecule has 0 aliphatic carbocycles. The van der Waals surface area contributed by atoms with E-state index in [1.54, 1.807) is 18.2 Å². The summed E-state index contributed by atoms with van der Waals surface area (Å²) in [6.07, 6.45) is 2.04. The fourth-order valence-electron chi connectivity index (χ4n) is 2.26. The average molecular weight is 264 g/mol. The van der Waals surface area contributed by atoms with Crippen molar-refractivity contribution in [3.8, 4) is 5.75 Å². The molecule has 5 heteroatoms. The van der Waals surface area contributed by atoms with E-state index in [0.717, 1.165) is 25.9 Å². The Hall–Kier alpha value is -1.59. The number of benzene rings is 1. The van der Waals surface area contributed by atoms with Gasteiger partial charge in [-0.1, -0.05) is 18.2 Å². The molecule has 0 amide bonds. The molecule has 1 aliphatic rings. The number of aliphatic carboxylic acids is 1. The van der Waals surface area contributed by atoms with Crippen molar-refractivity contribution in [2.45, 2.75) is 25.0 Å². The van der Waals surface area contributed by atoms with Gasteiger partial charge in [0.1, 0.15) is 17.9 Å². The van der Waals surface area contributed by atoms with Gasteiger partial charge in [-0.2, -0.15) is 0 Å². The Morgan fingerprint density at radius 2 is 2.05 bits per heavy atom. The van der Waals surface area contributed by atoms with Crippen LogP contribution in [0.3, 0.4) is 0 Å². The van der Waals surface area contributed by atoms with Crippen LogP contribution in [0.25, 0.3) is 0 Å². The minimum Gasteiger partial charge on any atom is -0.490 e. The Balaban J connectivity index is 2.09. The highest BCUT2D eigenvalue weighted by Crippen LogP contribution is 2.26. The third-order valence-electron chi connectivity index (χ3n) is 3.48. The van der Waals surface area contributed by atoms with Crippen LogP contribution < -0.4 is 10.5 Å². The Bertz CT molecular complexity index is 442. The SMILES string of the molecule is CN1CCC(Oc2ccccc2C(N)C(=O)O)CC1. The van der Waals surface area contributed by atoms with Gasteiger partial charge < -0.3 is 20.5 Å². The first-order valence-electron chi connectivity index (χ1n) is 6.50. The molecule has 5 nitrogen and oxygen atoms in total. The van der Waals surface area contributed by atoms with Gasteiger partial charge in [-0.05, 0) is 26.0 Å². The first-order chi connectivity index (χ1) is 9.08. The van der Waals surface area contributed by atoms with E-state index < -0.39 is 12.0 Å². The van der Waals surface area contributed by atoms with Crippen molar-refractivity contribution in [1.82, 2.24) is 4.90 Å². The van der Waals surface area contributed by atoms with Gasteiger partial charge in [0, 0.05) is 18.7 Å². The summed E-state index contributed by atoms with van der Waals surface area (Å²) in [7, 11) is 2.09. The normalized spacial score (nSPS) is 19.1. The van der Waals surface area contributed by atoms with E-state index in [0.29, 0.717) is 11.3 Å². The smallest absolute Gasteiger partial charge is 0.325 e. The molecule has 0 spiro atoms. The summed E-state index contributed by atoms with van der Waals surface area (Å²) in [5.74, 6) is -0.452. The van der Waals surface area contributed by atoms with E-state index in [2.05, 4.69) is 11.9 Å². The molecule has 0 saturated carbocycles. The number of nitrogens with two attached hydrogens (primary N) is 1. The Kier molecular flexibility index (Phi) is 4.39. The van der Waals surface area contributed by atoms with Crippen molar-refractivity contribution in [2.75, 3.05) is 20.1 Å². The highest BCUT2D eigenvalue weighted by molar-refractivity contribution is 5.76. The maximum Gasteiger partial charge on any atom is 0.325 e. The van der Waals surface area contributed by atoms with Crippen molar-refractivity contribution in [1.29, 1.82) is 0 Å². The van der Waals surface area contributed by atoms with Gasteiger partial charge in [-0.3, -0.25) is 4.79 Å². The molecule has 1 aromatic rings. The largest absolute Gasteiger partial charge is 0.490 e. The zero-order valence-electron chi connectivity index (χ0n) is 11.1. The molecule has 0 radical (unpaired) electrons. The summed E-state index contributed by atoms with van der Waals surface area (Å²) < 4.78 is 5.94. The van der Waals surface area contributed by atoms with Crippen molar-refractivity contribution >= 4 is 5.97 Å². The molecule has 1 unspecified atom stereocenters. The Morgan fingerprint density at radius 3 is 2.68 bits per heavy atom. The minimum atomic E-state index is -1.04. The zero-order chi connectivity index (χ0) is 13.8. The van der Waals surface area contributed by atoms with E-state index in [4.69, 9.17) is 15.6 Å². The molecule has 1 fully saturated rings. The van der Waals surface area contributed by atoms with Crippen LogP contribution in [0.15, 0.2) is 24.3 Å². The van der Waals surface area contributed by atoms with Gasteiger partial charge in [-0.15, -0.1) is 0 Å². The second kappa shape index (κ2) is 6.04. The van der Waals surface area contributed by atoms with Gasteiger partial charge in [-0.25, -0.2) is 0 Å². The molecule has 19 heavy (non-hydrogen) atoms. The molecule has 0 bridgehead atoms. The summed E-state index contributed by atoms with van der Waals surface area (Å²) in [4.78, 5) is 13.3. The molecule has 1 aliphatic heterocycles. The van der Waals surface area contributed by atoms with E-state index in [-0.39, 0.29) is 6.10 Å². The lowest BCUT2D eigenvalue weighted by atomic mass is 10.1. The predicted molar refractivity (Wildman–Crippen MR) is 72.2 cm³/mol. The number of nitrogens with zero attached hydrogens (tertiary/aromatic N) is 1. The van der Waals surface area contributed by atoms with Gasteiger partial charge in [0.15, 0.2) is 0 Å². The second-order valence-electron chi connectivity index (χ2n) is 4.97. The number of carboxylic acid groups (broad SMARTS) is 1. The zero-order valence-corrected chi connectivity index (χ0v) is 11.1. The molecular weight excluding hydrogens is 244 g/mol. The molecule has 2 rings (SSSR count). The first-order valence-corrected chi connectivity index (χ1v) is 6.50. The Morgan fingerprint density at radius 1 is 1.42 bits per heavy atom. The average Bonchev–Trinajstić information content (AvgIpc) is 2.41. The lowest BCUT2D eigenvalue weighted by Crippen LogP contribution is -2.36. The van der Waals surface area contributed by atoms with Gasteiger partial charge in [0.25, 0.3) is 0 Å². The van der Waals surface area contributed by atoms with Crippen LogP contribution in [0.1, 0.15) is 24.4 Å². The van der Waals surface area contributed by atoms with Crippen molar-refractivity contribution in [3.05, 3.63) is 29.8 Å².